The summed E-state index contributed by atoms with van der Waals surface area (Å²) in [5, 5.41) is 0. The number of aromatic nitrogens is 1. The second kappa shape index (κ2) is 7.12. The van der Waals surface area contributed by atoms with E-state index in [-0.39, 0.29) is 11.3 Å². The molecule has 0 aliphatic rings. The van der Waals surface area contributed by atoms with Crippen molar-refractivity contribution in [1.82, 2.24) is 4.98 Å². The molecule has 126 valence electrons. The molecule has 1 atom stereocenters. The summed E-state index contributed by atoms with van der Waals surface area (Å²) >= 11 is 0. The van der Waals surface area contributed by atoms with E-state index in [4.69, 9.17) is 9.47 Å². The van der Waals surface area contributed by atoms with Crippen molar-refractivity contribution in [3.63, 3.8) is 0 Å². The molecule has 1 N–H and O–H groups in total. The zero-order valence-corrected chi connectivity index (χ0v) is 14.0. The van der Waals surface area contributed by atoms with E-state index in [9.17, 15) is 14.4 Å². The third-order valence-corrected chi connectivity index (χ3v) is 3.88. The molecule has 2 aromatic rings. The van der Waals surface area contributed by atoms with Crippen LogP contribution in [0.2, 0.25) is 0 Å². The predicted octanol–water partition coefficient (Wildman–Crippen LogP) is 2.91. The Hall–Kier alpha value is -2.89. The van der Waals surface area contributed by atoms with Gasteiger partial charge in [-0.3, -0.25) is 4.79 Å². The standard InChI is InChI=1S/C18H19NO5/c1-10-14(11(2)16(20)23-4)12(3)19-15(10)18(22)24-17(21)13-8-6-5-7-9-13/h5-9,11,19H,1-4H3. The Kier molecular flexibility index (Phi) is 5.18. The van der Waals surface area contributed by atoms with Crippen molar-refractivity contribution in [3.8, 4) is 0 Å². The highest BCUT2D eigenvalue weighted by Crippen LogP contribution is 2.27. The number of aryl methyl sites for hydroxylation is 1. The van der Waals surface area contributed by atoms with E-state index in [1.165, 1.54) is 7.11 Å². The normalized spacial score (nSPS) is 11.7. The van der Waals surface area contributed by atoms with Crippen molar-refractivity contribution >= 4 is 17.9 Å². The maximum Gasteiger partial charge on any atom is 0.362 e. The third-order valence-electron chi connectivity index (χ3n) is 3.88. The number of benzene rings is 1. The van der Waals surface area contributed by atoms with Crippen LogP contribution >= 0.6 is 0 Å². The van der Waals surface area contributed by atoms with Crippen molar-refractivity contribution in [3.05, 3.63) is 58.4 Å². The van der Waals surface area contributed by atoms with E-state index in [1.54, 1.807) is 51.1 Å². The van der Waals surface area contributed by atoms with E-state index >= 15 is 0 Å². The summed E-state index contributed by atoms with van der Waals surface area (Å²) < 4.78 is 9.66. The molecular formula is C18H19NO5. The summed E-state index contributed by atoms with van der Waals surface area (Å²) in [7, 11) is 1.31. The molecule has 0 fully saturated rings. The average molecular weight is 329 g/mol. The Labute approximate surface area is 139 Å². The van der Waals surface area contributed by atoms with Crippen molar-refractivity contribution in [2.45, 2.75) is 26.7 Å². The monoisotopic (exact) mass is 329 g/mol. The van der Waals surface area contributed by atoms with Crippen LogP contribution in [0.3, 0.4) is 0 Å². The van der Waals surface area contributed by atoms with Gasteiger partial charge in [0, 0.05) is 5.69 Å². The molecule has 0 saturated carbocycles. The van der Waals surface area contributed by atoms with Gasteiger partial charge >= 0.3 is 17.9 Å². The van der Waals surface area contributed by atoms with Crippen LogP contribution in [-0.4, -0.2) is 30.0 Å². The summed E-state index contributed by atoms with van der Waals surface area (Å²) in [6, 6.07) is 8.25. The lowest BCUT2D eigenvalue weighted by atomic mass is 9.97. The first kappa shape index (κ1) is 17.5. The molecule has 0 aliphatic carbocycles. The lowest BCUT2D eigenvalue weighted by molar-refractivity contribution is -0.142. The van der Waals surface area contributed by atoms with Crippen LogP contribution in [-0.2, 0) is 14.3 Å². The molecule has 1 unspecified atom stereocenters. The van der Waals surface area contributed by atoms with Crippen LogP contribution in [0.5, 0.6) is 0 Å². The van der Waals surface area contributed by atoms with E-state index in [1.807, 2.05) is 0 Å². The molecule has 0 spiro atoms. The number of esters is 3. The Balaban J connectivity index is 2.25. The number of carbonyl (C=O) groups excluding carboxylic acids is 3. The summed E-state index contributed by atoms with van der Waals surface area (Å²) in [6.07, 6.45) is 0. The molecule has 2 rings (SSSR count). The number of aromatic amines is 1. The van der Waals surface area contributed by atoms with Crippen molar-refractivity contribution in [2.75, 3.05) is 7.11 Å². The lowest BCUT2D eigenvalue weighted by Crippen LogP contribution is -2.15. The molecule has 0 radical (unpaired) electrons. The predicted molar refractivity (Wildman–Crippen MR) is 86.9 cm³/mol. The van der Waals surface area contributed by atoms with Crippen LogP contribution in [0.4, 0.5) is 0 Å². The van der Waals surface area contributed by atoms with E-state index < -0.39 is 23.8 Å². The Morgan fingerprint density at radius 2 is 1.67 bits per heavy atom. The van der Waals surface area contributed by atoms with Gasteiger partial charge in [0.2, 0.25) is 0 Å². The Morgan fingerprint density at radius 1 is 1.04 bits per heavy atom. The van der Waals surface area contributed by atoms with Crippen LogP contribution < -0.4 is 0 Å². The molecule has 0 aliphatic heterocycles. The van der Waals surface area contributed by atoms with E-state index in [2.05, 4.69) is 4.98 Å². The highest BCUT2D eigenvalue weighted by atomic mass is 16.6. The minimum Gasteiger partial charge on any atom is -0.469 e. The largest absolute Gasteiger partial charge is 0.469 e. The Bertz CT molecular complexity index is 776. The highest BCUT2D eigenvalue weighted by Gasteiger charge is 2.27. The number of hydrogen-bond donors (Lipinski definition) is 1. The van der Waals surface area contributed by atoms with Gasteiger partial charge in [-0.1, -0.05) is 18.2 Å². The third kappa shape index (κ3) is 3.37. The second-order valence-corrected chi connectivity index (χ2v) is 5.45. The van der Waals surface area contributed by atoms with Gasteiger partial charge in [0.25, 0.3) is 0 Å². The minimum absolute atomic E-state index is 0.155. The first-order valence-electron chi connectivity index (χ1n) is 7.45. The number of carbonyl (C=O) groups is 3. The topological polar surface area (TPSA) is 85.5 Å². The number of rotatable bonds is 4. The molecule has 1 heterocycles. The fraction of sp³-hybridized carbons (Fsp3) is 0.278. The second-order valence-electron chi connectivity index (χ2n) is 5.45. The maximum atomic E-state index is 12.3. The summed E-state index contributed by atoms with van der Waals surface area (Å²) in [5.41, 5.74) is 2.33. The summed E-state index contributed by atoms with van der Waals surface area (Å²) in [5.74, 6) is -2.44. The number of methoxy groups -OCH3 is 1. The molecule has 6 heteroatoms. The highest BCUT2D eigenvalue weighted by molar-refractivity contribution is 6.02. The van der Waals surface area contributed by atoms with Gasteiger partial charge < -0.3 is 14.5 Å². The van der Waals surface area contributed by atoms with Crippen LogP contribution in [0.1, 0.15) is 50.5 Å². The number of hydrogen-bond acceptors (Lipinski definition) is 5. The number of nitrogens with one attached hydrogen (secondary N) is 1. The van der Waals surface area contributed by atoms with Crippen LogP contribution in [0, 0.1) is 13.8 Å². The number of H-pyrrole nitrogens is 1. The zero-order valence-electron chi connectivity index (χ0n) is 14.0. The molecule has 1 aromatic heterocycles. The molecule has 0 bridgehead atoms. The first-order valence-corrected chi connectivity index (χ1v) is 7.45. The maximum absolute atomic E-state index is 12.3. The lowest BCUT2D eigenvalue weighted by Gasteiger charge is -2.10. The number of ether oxygens (including phenoxy) is 2. The van der Waals surface area contributed by atoms with Crippen molar-refractivity contribution < 1.29 is 23.9 Å². The quantitative estimate of drug-likeness (QED) is 0.688. The Morgan fingerprint density at radius 3 is 2.25 bits per heavy atom. The molecule has 24 heavy (non-hydrogen) atoms. The van der Waals surface area contributed by atoms with Gasteiger partial charge in [-0.05, 0) is 44.0 Å². The SMILES string of the molecule is COC(=O)C(C)c1c(C)[nH]c(C(=O)OC(=O)c2ccccc2)c1C. The van der Waals surface area contributed by atoms with E-state index in [0.29, 0.717) is 16.8 Å². The van der Waals surface area contributed by atoms with Gasteiger partial charge in [0.15, 0.2) is 0 Å². The van der Waals surface area contributed by atoms with Gasteiger partial charge in [-0.25, -0.2) is 9.59 Å². The van der Waals surface area contributed by atoms with Gasteiger partial charge in [0.1, 0.15) is 5.69 Å². The molecule has 1 aromatic carbocycles. The molecular weight excluding hydrogens is 310 g/mol. The zero-order chi connectivity index (χ0) is 17.9. The van der Waals surface area contributed by atoms with Crippen LogP contribution in [0.15, 0.2) is 30.3 Å². The fourth-order valence-corrected chi connectivity index (χ4v) is 2.68. The molecule has 6 nitrogen and oxygen atoms in total. The van der Waals surface area contributed by atoms with Crippen LogP contribution in [0.25, 0.3) is 0 Å². The molecule has 0 amide bonds. The summed E-state index contributed by atoms with van der Waals surface area (Å²) in [4.78, 5) is 38.9. The fourth-order valence-electron chi connectivity index (χ4n) is 2.68. The van der Waals surface area contributed by atoms with Gasteiger partial charge in [-0.15, -0.1) is 0 Å². The van der Waals surface area contributed by atoms with Crippen molar-refractivity contribution in [1.29, 1.82) is 0 Å². The molecule has 0 saturated heterocycles. The van der Waals surface area contributed by atoms with Crippen molar-refractivity contribution in [2.24, 2.45) is 0 Å². The van der Waals surface area contributed by atoms with Gasteiger partial charge in [-0.2, -0.15) is 0 Å². The minimum atomic E-state index is -0.784. The smallest absolute Gasteiger partial charge is 0.362 e. The summed E-state index contributed by atoms with van der Waals surface area (Å²) in [6.45, 7) is 5.14. The average Bonchev–Trinajstić information content (AvgIpc) is 2.88. The van der Waals surface area contributed by atoms with E-state index in [0.717, 1.165) is 0 Å². The van der Waals surface area contributed by atoms with Gasteiger partial charge in [0.05, 0.1) is 18.6 Å². The first-order chi connectivity index (χ1) is 11.4.